The van der Waals surface area contributed by atoms with E-state index < -0.39 is 5.37 Å². The first kappa shape index (κ1) is 10.2. The van der Waals surface area contributed by atoms with Gasteiger partial charge < -0.3 is 4.74 Å². The lowest BCUT2D eigenvalue weighted by Gasteiger charge is -2.29. The molecule has 0 unspecified atom stereocenters. The summed E-state index contributed by atoms with van der Waals surface area (Å²) < 4.78 is 5.71. The van der Waals surface area contributed by atoms with Crippen molar-refractivity contribution in [2.45, 2.75) is 0 Å². The smallest absolute Gasteiger partial charge is 0.325 e. The molecule has 0 atom stereocenters. The lowest BCUT2D eigenvalue weighted by atomic mass is 10.2. The Morgan fingerprint density at radius 3 is 1.88 bits per heavy atom. The van der Waals surface area contributed by atoms with Gasteiger partial charge in [-0.25, -0.2) is 0 Å². The first-order valence-electron chi connectivity index (χ1n) is 5.13. The number of rotatable bonds is 0. The van der Waals surface area contributed by atoms with Gasteiger partial charge in [-0.05, 0) is 35.9 Å². The fourth-order valence-corrected chi connectivity index (χ4v) is 2.08. The number of halogens is 1. The number of anilines is 2. The molecule has 1 amide bonds. The first-order chi connectivity index (χ1) is 8.27. The molecule has 0 saturated carbocycles. The van der Waals surface area contributed by atoms with Gasteiger partial charge in [0, 0.05) is 0 Å². The van der Waals surface area contributed by atoms with E-state index in [-0.39, 0.29) is 0 Å². The predicted octanol–water partition coefficient (Wildman–Crippen LogP) is 4.29. The first-order valence-corrected chi connectivity index (χ1v) is 5.50. The van der Waals surface area contributed by atoms with Gasteiger partial charge in [0.2, 0.25) is 0 Å². The molecule has 3 rings (SSSR count). The molecule has 17 heavy (non-hydrogen) atoms. The summed E-state index contributed by atoms with van der Waals surface area (Å²) in [6.45, 7) is 0. The number of fused-ring (bicyclic) bond motifs is 2. The van der Waals surface area contributed by atoms with Crippen LogP contribution in [0.2, 0.25) is 0 Å². The van der Waals surface area contributed by atoms with E-state index in [0.717, 1.165) is 0 Å². The minimum Gasteiger partial charge on any atom is -0.453 e. The van der Waals surface area contributed by atoms with Crippen molar-refractivity contribution in [2.75, 3.05) is 4.90 Å². The number of para-hydroxylation sites is 4. The molecule has 1 aliphatic heterocycles. The zero-order valence-electron chi connectivity index (χ0n) is 8.76. The second-order valence-electron chi connectivity index (χ2n) is 3.63. The Hall–Kier alpha value is -2.00. The van der Waals surface area contributed by atoms with Crippen LogP contribution in [-0.4, -0.2) is 5.37 Å². The minimum absolute atomic E-state index is 0.548. The van der Waals surface area contributed by atoms with Crippen molar-refractivity contribution in [1.82, 2.24) is 0 Å². The molecule has 0 fully saturated rings. The van der Waals surface area contributed by atoms with Gasteiger partial charge in [0.05, 0.1) is 11.4 Å². The maximum Gasteiger partial charge on any atom is 0.325 e. The third-order valence-corrected chi connectivity index (χ3v) is 2.78. The highest BCUT2D eigenvalue weighted by atomic mass is 35.5. The Morgan fingerprint density at radius 2 is 1.41 bits per heavy atom. The molecule has 0 aromatic heterocycles. The Kier molecular flexibility index (Phi) is 2.27. The Balaban J connectivity index is 2.24. The highest BCUT2D eigenvalue weighted by molar-refractivity contribution is 6.67. The van der Waals surface area contributed by atoms with Crippen molar-refractivity contribution < 1.29 is 9.53 Å². The van der Waals surface area contributed by atoms with Gasteiger partial charge in [-0.1, -0.05) is 24.3 Å². The average Bonchev–Trinajstić information content (AvgIpc) is 2.35. The number of benzene rings is 2. The molecule has 0 spiro atoms. The van der Waals surface area contributed by atoms with Gasteiger partial charge in [-0.3, -0.25) is 9.69 Å². The summed E-state index contributed by atoms with van der Waals surface area (Å²) >= 11 is 5.64. The maximum atomic E-state index is 11.6. The van der Waals surface area contributed by atoms with Crippen LogP contribution in [-0.2, 0) is 0 Å². The van der Waals surface area contributed by atoms with Gasteiger partial charge in [0.1, 0.15) is 0 Å². The normalized spacial score (nSPS) is 12.4. The van der Waals surface area contributed by atoms with E-state index in [1.54, 1.807) is 24.3 Å². The predicted molar refractivity (Wildman–Crippen MR) is 66.3 cm³/mol. The fraction of sp³-hybridized carbons (Fsp3) is 0. The second-order valence-corrected chi connectivity index (χ2v) is 3.95. The molecule has 0 saturated heterocycles. The molecule has 3 nitrogen and oxygen atoms in total. The van der Waals surface area contributed by atoms with Crippen LogP contribution in [0.3, 0.4) is 0 Å². The molecule has 0 aliphatic carbocycles. The Bertz CT molecular complexity index is 552. The van der Waals surface area contributed by atoms with Crippen molar-refractivity contribution in [2.24, 2.45) is 0 Å². The molecule has 2 aromatic carbocycles. The molecular weight excluding hydrogens is 238 g/mol. The van der Waals surface area contributed by atoms with Crippen LogP contribution < -0.4 is 9.64 Å². The number of hydrogen-bond acceptors (Lipinski definition) is 2. The van der Waals surface area contributed by atoms with Crippen molar-refractivity contribution >= 4 is 28.3 Å². The molecule has 0 radical (unpaired) electrons. The van der Waals surface area contributed by atoms with E-state index in [4.69, 9.17) is 16.3 Å². The van der Waals surface area contributed by atoms with Crippen LogP contribution in [0.5, 0.6) is 11.5 Å². The summed E-state index contributed by atoms with van der Waals surface area (Å²) in [6.07, 6.45) is 0. The topological polar surface area (TPSA) is 29.5 Å². The van der Waals surface area contributed by atoms with Crippen LogP contribution in [0.1, 0.15) is 0 Å². The van der Waals surface area contributed by atoms with Crippen LogP contribution in [0.15, 0.2) is 48.5 Å². The van der Waals surface area contributed by atoms with Gasteiger partial charge in [0.15, 0.2) is 11.5 Å². The Morgan fingerprint density at radius 1 is 0.941 bits per heavy atom. The molecule has 1 aliphatic rings. The van der Waals surface area contributed by atoms with E-state index in [2.05, 4.69) is 0 Å². The van der Waals surface area contributed by atoms with E-state index in [0.29, 0.717) is 22.9 Å². The van der Waals surface area contributed by atoms with Crippen molar-refractivity contribution in [3.63, 3.8) is 0 Å². The van der Waals surface area contributed by atoms with E-state index >= 15 is 0 Å². The van der Waals surface area contributed by atoms with Gasteiger partial charge >= 0.3 is 5.37 Å². The molecule has 0 N–H and O–H groups in total. The quantitative estimate of drug-likeness (QED) is 0.512. The molecule has 2 aromatic rings. The SMILES string of the molecule is O=C(Cl)N1c2ccccc2Oc2ccccc21. The number of nitrogens with zero attached hydrogens (tertiary/aromatic N) is 1. The molecule has 4 heteroatoms. The van der Waals surface area contributed by atoms with Crippen LogP contribution in [0.4, 0.5) is 16.2 Å². The number of carbonyl (C=O) groups is 1. The summed E-state index contributed by atoms with van der Waals surface area (Å²) in [4.78, 5) is 13.0. The van der Waals surface area contributed by atoms with E-state index in [1.807, 2.05) is 24.3 Å². The summed E-state index contributed by atoms with van der Waals surface area (Å²) in [5.41, 5.74) is 1.32. The van der Waals surface area contributed by atoms with E-state index in [9.17, 15) is 4.79 Å². The number of hydrogen-bond donors (Lipinski definition) is 0. The molecule has 0 bridgehead atoms. The summed E-state index contributed by atoms with van der Waals surface area (Å²) in [6, 6.07) is 14.6. The monoisotopic (exact) mass is 245 g/mol. The van der Waals surface area contributed by atoms with E-state index in [1.165, 1.54) is 4.90 Å². The summed E-state index contributed by atoms with van der Waals surface area (Å²) in [7, 11) is 0. The zero-order chi connectivity index (χ0) is 11.8. The van der Waals surface area contributed by atoms with Gasteiger partial charge in [-0.2, -0.15) is 0 Å². The Labute approximate surface area is 103 Å². The fourth-order valence-electron chi connectivity index (χ4n) is 1.89. The number of ether oxygens (including phenoxy) is 1. The average molecular weight is 246 g/mol. The van der Waals surface area contributed by atoms with Crippen LogP contribution in [0, 0.1) is 0 Å². The van der Waals surface area contributed by atoms with Gasteiger partial charge in [-0.15, -0.1) is 0 Å². The largest absolute Gasteiger partial charge is 0.453 e. The highest BCUT2D eigenvalue weighted by Crippen LogP contribution is 2.46. The van der Waals surface area contributed by atoms with Crippen molar-refractivity contribution in [1.29, 1.82) is 0 Å². The highest BCUT2D eigenvalue weighted by Gasteiger charge is 2.27. The van der Waals surface area contributed by atoms with Crippen LogP contribution in [0.25, 0.3) is 0 Å². The standard InChI is InChI=1S/C13H8ClNO2/c14-13(16)15-9-5-1-3-7-11(9)17-12-8-4-2-6-10(12)15/h1-8H. The van der Waals surface area contributed by atoms with Gasteiger partial charge in [0.25, 0.3) is 0 Å². The second kappa shape index (κ2) is 3.79. The summed E-state index contributed by atoms with van der Waals surface area (Å²) in [5.74, 6) is 1.25. The van der Waals surface area contributed by atoms with Crippen molar-refractivity contribution in [3.05, 3.63) is 48.5 Å². The molecule has 1 heterocycles. The third-order valence-electron chi connectivity index (χ3n) is 2.61. The maximum absolute atomic E-state index is 11.6. The number of carbonyl (C=O) groups excluding carboxylic acids is 1. The van der Waals surface area contributed by atoms with Crippen LogP contribution >= 0.6 is 11.6 Å². The summed E-state index contributed by atoms with van der Waals surface area (Å²) in [5, 5.41) is -0.548. The van der Waals surface area contributed by atoms with Crippen molar-refractivity contribution in [3.8, 4) is 11.5 Å². The zero-order valence-corrected chi connectivity index (χ0v) is 9.52. The lowest BCUT2D eigenvalue weighted by Crippen LogP contribution is -2.23. The number of amides is 1. The molecule has 84 valence electrons. The minimum atomic E-state index is -0.548. The molecular formula is C13H8ClNO2. The third kappa shape index (κ3) is 1.56. The lowest BCUT2D eigenvalue weighted by molar-refractivity contribution is 0.265.